The fourth-order valence-electron chi connectivity index (χ4n) is 2.85. The van der Waals surface area contributed by atoms with E-state index in [1.54, 1.807) is 0 Å². The molecule has 0 amide bonds. The monoisotopic (exact) mass is 275 g/mol. The second kappa shape index (κ2) is 9.99. The lowest BCUT2D eigenvalue weighted by atomic mass is 10.0. The maximum atomic E-state index is 3.84. The molecular weight excluding hydrogens is 242 g/mol. The zero-order valence-corrected chi connectivity index (χ0v) is 13.9. The molecule has 20 heavy (non-hydrogen) atoms. The molecule has 1 N–H and O–H groups in total. The molecule has 0 aliphatic carbocycles. The molecule has 1 aromatic carbocycles. The maximum Gasteiger partial charge on any atom is 0.00694 e. The zero-order chi connectivity index (χ0) is 14.8. The van der Waals surface area contributed by atoms with Gasteiger partial charge >= 0.3 is 0 Å². The first-order valence-corrected chi connectivity index (χ1v) is 8.47. The van der Waals surface area contributed by atoms with Crippen LogP contribution in [0.1, 0.15) is 70.4 Å². The van der Waals surface area contributed by atoms with Crippen LogP contribution in [-0.2, 0) is 6.42 Å². The highest BCUT2D eigenvalue weighted by Gasteiger charge is 2.11. The van der Waals surface area contributed by atoms with Crippen molar-refractivity contribution in [2.75, 3.05) is 0 Å². The first-order valence-electron chi connectivity index (χ1n) is 8.47. The summed E-state index contributed by atoms with van der Waals surface area (Å²) in [5, 5.41) is 3.84. The van der Waals surface area contributed by atoms with Crippen molar-refractivity contribution in [1.29, 1.82) is 0 Å². The molecule has 0 aliphatic rings. The second-order valence-corrected chi connectivity index (χ2v) is 6.22. The van der Waals surface area contributed by atoms with Crippen molar-refractivity contribution in [3.8, 4) is 0 Å². The molecule has 1 aromatic rings. The Morgan fingerprint density at radius 3 is 2.50 bits per heavy atom. The first kappa shape index (κ1) is 17.2. The summed E-state index contributed by atoms with van der Waals surface area (Å²) < 4.78 is 0. The molecule has 1 heteroatoms. The number of aryl methyl sites for hydroxylation is 2. The van der Waals surface area contributed by atoms with E-state index < -0.39 is 0 Å². The van der Waals surface area contributed by atoms with Crippen LogP contribution in [-0.4, -0.2) is 12.1 Å². The summed E-state index contributed by atoms with van der Waals surface area (Å²) in [4.78, 5) is 0. The number of benzene rings is 1. The molecule has 0 spiro atoms. The average molecular weight is 275 g/mol. The van der Waals surface area contributed by atoms with Gasteiger partial charge < -0.3 is 5.32 Å². The van der Waals surface area contributed by atoms with Crippen LogP contribution in [0.5, 0.6) is 0 Å². The molecule has 1 rings (SSSR count). The number of unbranched alkanes of at least 4 members (excludes halogenated alkanes) is 1. The van der Waals surface area contributed by atoms with Crippen molar-refractivity contribution < 1.29 is 0 Å². The van der Waals surface area contributed by atoms with Gasteiger partial charge in [0.2, 0.25) is 0 Å². The van der Waals surface area contributed by atoms with Gasteiger partial charge in [-0.3, -0.25) is 0 Å². The van der Waals surface area contributed by atoms with E-state index in [-0.39, 0.29) is 0 Å². The lowest BCUT2D eigenvalue weighted by Gasteiger charge is -2.23. The summed E-state index contributed by atoms with van der Waals surface area (Å²) in [6, 6.07) is 10.2. The molecule has 0 aromatic heterocycles. The molecular formula is C19H33N. The van der Waals surface area contributed by atoms with E-state index in [0.717, 1.165) is 0 Å². The number of hydrogen-bond acceptors (Lipinski definition) is 1. The predicted molar refractivity (Wildman–Crippen MR) is 90.3 cm³/mol. The van der Waals surface area contributed by atoms with Gasteiger partial charge in [0.25, 0.3) is 0 Å². The minimum atomic E-state index is 0.615. The SMILES string of the molecule is CCCCC(CCC)NC(C)CCc1cccc(C)c1. The number of hydrogen-bond donors (Lipinski definition) is 1. The Morgan fingerprint density at radius 1 is 1.05 bits per heavy atom. The van der Waals surface area contributed by atoms with Crippen LogP contribution in [0.2, 0.25) is 0 Å². The normalized spacial score (nSPS) is 14.2. The highest BCUT2D eigenvalue weighted by molar-refractivity contribution is 5.22. The third kappa shape index (κ3) is 7.09. The lowest BCUT2D eigenvalue weighted by molar-refractivity contribution is 0.379. The van der Waals surface area contributed by atoms with Gasteiger partial charge in [-0.05, 0) is 45.1 Å². The molecule has 0 fully saturated rings. The standard InChI is InChI=1S/C19H33N/c1-5-7-12-19(9-6-2)20-17(4)13-14-18-11-8-10-16(3)15-18/h8,10-11,15,17,19-20H,5-7,9,12-14H2,1-4H3. The van der Waals surface area contributed by atoms with E-state index in [0.29, 0.717) is 12.1 Å². The Labute approximate surface area is 126 Å². The number of rotatable bonds is 10. The Hall–Kier alpha value is -0.820. The topological polar surface area (TPSA) is 12.0 Å². The van der Waals surface area contributed by atoms with Crippen molar-refractivity contribution >= 4 is 0 Å². The van der Waals surface area contributed by atoms with Gasteiger partial charge in [-0.2, -0.15) is 0 Å². The average Bonchev–Trinajstić information content (AvgIpc) is 2.43. The molecule has 0 aliphatic heterocycles. The molecule has 0 saturated carbocycles. The van der Waals surface area contributed by atoms with Gasteiger partial charge in [0.05, 0.1) is 0 Å². The summed E-state index contributed by atoms with van der Waals surface area (Å²) in [6.45, 7) is 9.08. The van der Waals surface area contributed by atoms with E-state index in [1.165, 1.54) is 56.1 Å². The van der Waals surface area contributed by atoms with Crippen molar-refractivity contribution in [1.82, 2.24) is 5.32 Å². The minimum Gasteiger partial charge on any atom is -0.311 e. The Balaban J connectivity index is 2.35. The maximum absolute atomic E-state index is 3.84. The van der Waals surface area contributed by atoms with Crippen molar-refractivity contribution in [2.24, 2.45) is 0 Å². The van der Waals surface area contributed by atoms with Crippen LogP contribution in [0.3, 0.4) is 0 Å². The quantitative estimate of drug-likeness (QED) is 0.614. The highest BCUT2D eigenvalue weighted by Crippen LogP contribution is 2.11. The summed E-state index contributed by atoms with van der Waals surface area (Å²) in [5.74, 6) is 0. The molecule has 0 radical (unpaired) electrons. The summed E-state index contributed by atoms with van der Waals surface area (Å²) in [6.07, 6.45) is 9.00. The van der Waals surface area contributed by atoms with E-state index in [2.05, 4.69) is 57.3 Å². The van der Waals surface area contributed by atoms with Crippen LogP contribution in [0.25, 0.3) is 0 Å². The smallest absolute Gasteiger partial charge is 0.00694 e. The molecule has 2 unspecified atom stereocenters. The highest BCUT2D eigenvalue weighted by atomic mass is 14.9. The van der Waals surface area contributed by atoms with E-state index in [1.807, 2.05) is 0 Å². The second-order valence-electron chi connectivity index (χ2n) is 6.22. The summed E-state index contributed by atoms with van der Waals surface area (Å²) >= 11 is 0. The van der Waals surface area contributed by atoms with Crippen LogP contribution in [0.15, 0.2) is 24.3 Å². The third-order valence-electron chi connectivity index (χ3n) is 4.01. The predicted octanol–water partition coefficient (Wildman–Crippen LogP) is 5.26. The van der Waals surface area contributed by atoms with Gasteiger partial charge in [0, 0.05) is 12.1 Å². The summed E-state index contributed by atoms with van der Waals surface area (Å²) in [7, 11) is 0. The molecule has 114 valence electrons. The minimum absolute atomic E-state index is 0.615. The van der Waals surface area contributed by atoms with Crippen LogP contribution >= 0.6 is 0 Å². The lowest BCUT2D eigenvalue weighted by Crippen LogP contribution is -2.36. The van der Waals surface area contributed by atoms with Gasteiger partial charge in [-0.25, -0.2) is 0 Å². The summed E-state index contributed by atoms with van der Waals surface area (Å²) in [5.41, 5.74) is 2.84. The van der Waals surface area contributed by atoms with Crippen LogP contribution in [0.4, 0.5) is 0 Å². The molecule has 0 saturated heterocycles. The Kier molecular flexibility index (Phi) is 8.60. The molecule has 2 atom stereocenters. The van der Waals surface area contributed by atoms with Crippen molar-refractivity contribution in [2.45, 2.75) is 84.7 Å². The van der Waals surface area contributed by atoms with E-state index >= 15 is 0 Å². The zero-order valence-electron chi connectivity index (χ0n) is 13.9. The fourth-order valence-corrected chi connectivity index (χ4v) is 2.85. The third-order valence-corrected chi connectivity index (χ3v) is 4.01. The Morgan fingerprint density at radius 2 is 1.85 bits per heavy atom. The molecule has 0 heterocycles. The van der Waals surface area contributed by atoms with Gasteiger partial charge in [-0.15, -0.1) is 0 Å². The molecule has 1 nitrogen and oxygen atoms in total. The van der Waals surface area contributed by atoms with Crippen LogP contribution in [0, 0.1) is 6.92 Å². The van der Waals surface area contributed by atoms with Crippen LogP contribution < -0.4 is 5.32 Å². The van der Waals surface area contributed by atoms with Gasteiger partial charge in [-0.1, -0.05) is 62.9 Å². The van der Waals surface area contributed by atoms with Gasteiger partial charge in [0.15, 0.2) is 0 Å². The van der Waals surface area contributed by atoms with E-state index in [4.69, 9.17) is 0 Å². The van der Waals surface area contributed by atoms with E-state index in [9.17, 15) is 0 Å². The van der Waals surface area contributed by atoms with Gasteiger partial charge in [0.1, 0.15) is 0 Å². The van der Waals surface area contributed by atoms with Crippen molar-refractivity contribution in [3.05, 3.63) is 35.4 Å². The Bertz CT molecular complexity index is 359. The largest absolute Gasteiger partial charge is 0.311 e. The fraction of sp³-hybridized carbons (Fsp3) is 0.684. The molecule has 0 bridgehead atoms. The first-order chi connectivity index (χ1) is 9.65. The number of nitrogens with one attached hydrogen (secondary N) is 1. The van der Waals surface area contributed by atoms with Crippen molar-refractivity contribution in [3.63, 3.8) is 0 Å².